The molecule has 34 heavy (non-hydrogen) atoms. The van der Waals surface area contributed by atoms with E-state index in [2.05, 4.69) is 15.5 Å². The Morgan fingerprint density at radius 3 is 2.44 bits per heavy atom. The van der Waals surface area contributed by atoms with Gasteiger partial charge in [0.2, 0.25) is 0 Å². The lowest BCUT2D eigenvalue weighted by atomic mass is 9.86. The van der Waals surface area contributed by atoms with Crippen LogP contribution < -0.4 is 4.90 Å². The fourth-order valence-corrected chi connectivity index (χ4v) is 4.71. The zero-order valence-corrected chi connectivity index (χ0v) is 18.8. The van der Waals surface area contributed by atoms with Gasteiger partial charge in [-0.1, -0.05) is 12.1 Å². The van der Waals surface area contributed by atoms with Crippen LogP contribution in [0.25, 0.3) is 5.69 Å². The minimum atomic E-state index is -4.59. The second-order valence-electron chi connectivity index (χ2n) is 8.34. The van der Waals surface area contributed by atoms with Gasteiger partial charge in [0.05, 0.1) is 24.3 Å². The summed E-state index contributed by atoms with van der Waals surface area (Å²) in [5, 5.41) is 11.1. The highest BCUT2D eigenvalue weighted by Crippen LogP contribution is 2.45. The highest BCUT2D eigenvalue weighted by molar-refractivity contribution is 5.75. The quantitative estimate of drug-likeness (QED) is 0.403. The standard InChI is InChI=1S/C23H23F4N5O2/c1-13-28-29-30-32(13)18-11-15(23(25,26)27)10-17(12-18)31(2)20-9-8-19(22(33)34-3)21(20)14-4-6-16(24)7-5-14/h4-7,10-12,19-21H,8-9H2,1-3H3/t19-,20-,21+/m0/s1. The number of methoxy groups -OCH3 is 1. The molecule has 4 rings (SSSR count). The van der Waals surface area contributed by atoms with E-state index in [1.807, 2.05) is 0 Å². The van der Waals surface area contributed by atoms with E-state index in [-0.39, 0.29) is 11.7 Å². The molecule has 7 nitrogen and oxygen atoms in total. The molecule has 180 valence electrons. The van der Waals surface area contributed by atoms with Crippen LogP contribution in [-0.2, 0) is 15.7 Å². The van der Waals surface area contributed by atoms with Crippen molar-refractivity contribution in [3.8, 4) is 5.69 Å². The largest absolute Gasteiger partial charge is 0.469 e. The molecule has 0 radical (unpaired) electrons. The Morgan fingerprint density at radius 2 is 1.85 bits per heavy atom. The lowest BCUT2D eigenvalue weighted by Crippen LogP contribution is -2.36. The average Bonchev–Trinajstić information content (AvgIpc) is 3.44. The Balaban J connectivity index is 1.78. The minimum Gasteiger partial charge on any atom is -0.469 e. The number of hydrogen-bond acceptors (Lipinski definition) is 6. The topological polar surface area (TPSA) is 73.1 Å². The number of rotatable bonds is 5. The van der Waals surface area contributed by atoms with Crippen molar-refractivity contribution in [2.24, 2.45) is 5.92 Å². The van der Waals surface area contributed by atoms with Crippen molar-refractivity contribution < 1.29 is 27.1 Å². The number of likely N-dealkylation sites (N-methyl/N-ethyl adjacent to an activating group) is 1. The first-order valence-corrected chi connectivity index (χ1v) is 10.6. The van der Waals surface area contributed by atoms with Gasteiger partial charge in [-0.2, -0.15) is 17.9 Å². The Labute approximate surface area is 193 Å². The van der Waals surface area contributed by atoms with Gasteiger partial charge in [-0.25, -0.2) is 4.39 Å². The second-order valence-corrected chi connectivity index (χ2v) is 8.34. The highest BCUT2D eigenvalue weighted by Gasteiger charge is 2.44. The normalized spacial score (nSPS) is 20.4. The number of anilines is 1. The van der Waals surface area contributed by atoms with Gasteiger partial charge in [0.1, 0.15) is 5.82 Å². The third kappa shape index (κ3) is 4.46. The summed E-state index contributed by atoms with van der Waals surface area (Å²) in [5.74, 6) is -1.38. The number of halogens is 4. The van der Waals surface area contributed by atoms with Crippen molar-refractivity contribution in [3.63, 3.8) is 0 Å². The molecule has 0 unspecified atom stereocenters. The van der Waals surface area contributed by atoms with E-state index >= 15 is 0 Å². The number of carbonyl (C=O) groups is 1. The van der Waals surface area contributed by atoms with Crippen LogP contribution in [0.2, 0.25) is 0 Å². The third-order valence-corrected chi connectivity index (χ3v) is 6.38. The van der Waals surface area contributed by atoms with Crippen LogP contribution in [0.3, 0.4) is 0 Å². The monoisotopic (exact) mass is 477 g/mol. The predicted octanol–water partition coefficient (Wildman–Crippen LogP) is 4.30. The van der Waals surface area contributed by atoms with Crippen molar-refractivity contribution in [1.29, 1.82) is 0 Å². The maximum absolute atomic E-state index is 13.7. The predicted molar refractivity (Wildman–Crippen MR) is 115 cm³/mol. The van der Waals surface area contributed by atoms with Crippen molar-refractivity contribution in [1.82, 2.24) is 20.2 Å². The molecule has 0 saturated heterocycles. The van der Waals surface area contributed by atoms with Crippen molar-refractivity contribution >= 4 is 11.7 Å². The summed E-state index contributed by atoms with van der Waals surface area (Å²) in [5.41, 5.74) is 0.333. The van der Waals surface area contributed by atoms with Crippen LogP contribution in [0, 0.1) is 18.7 Å². The molecule has 0 bridgehead atoms. The molecule has 1 aliphatic rings. The number of ether oxygens (including phenoxy) is 1. The van der Waals surface area contributed by atoms with Crippen LogP contribution in [0.4, 0.5) is 23.2 Å². The Kier molecular flexibility index (Phi) is 6.28. The van der Waals surface area contributed by atoms with E-state index < -0.39 is 35.4 Å². The molecule has 3 aromatic rings. The van der Waals surface area contributed by atoms with Crippen LogP contribution in [0.1, 0.15) is 35.7 Å². The van der Waals surface area contributed by atoms with Crippen molar-refractivity contribution in [2.45, 2.75) is 37.9 Å². The Morgan fingerprint density at radius 1 is 1.15 bits per heavy atom. The Hall–Kier alpha value is -3.50. The molecule has 11 heteroatoms. The average molecular weight is 477 g/mol. The van der Waals surface area contributed by atoms with Crippen LogP contribution >= 0.6 is 0 Å². The fraction of sp³-hybridized carbons (Fsp3) is 0.391. The first kappa shape index (κ1) is 23.7. The van der Waals surface area contributed by atoms with E-state index in [0.29, 0.717) is 24.4 Å². The number of aromatic nitrogens is 4. The molecule has 1 fully saturated rings. The highest BCUT2D eigenvalue weighted by atomic mass is 19.4. The number of alkyl halides is 3. The first-order valence-electron chi connectivity index (χ1n) is 10.6. The van der Waals surface area contributed by atoms with E-state index in [0.717, 1.165) is 17.7 Å². The third-order valence-electron chi connectivity index (χ3n) is 6.38. The summed E-state index contributed by atoms with van der Waals surface area (Å²) in [7, 11) is 2.99. The van der Waals surface area contributed by atoms with Crippen LogP contribution in [-0.4, -0.2) is 46.4 Å². The molecule has 1 saturated carbocycles. The molecular formula is C23H23F4N5O2. The van der Waals surface area contributed by atoms with Gasteiger partial charge in [0.15, 0.2) is 5.82 Å². The van der Waals surface area contributed by atoms with Gasteiger partial charge in [-0.3, -0.25) is 4.79 Å². The molecule has 1 heterocycles. The molecule has 2 aromatic carbocycles. The molecule has 0 aliphatic heterocycles. The number of carbonyl (C=O) groups excluding carboxylic acids is 1. The van der Waals surface area contributed by atoms with E-state index in [1.165, 1.54) is 23.9 Å². The smallest absolute Gasteiger partial charge is 0.416 e. The summed E-state index contributed by atoms with van der Waals surface area (Å²) >= 11 is 0. The van der Waals surface area contributed by atoms with Gasteiger partial charge in [0, 0.05) is 24.7 Å². The van der Waals surface area contributed by atoms with Gasteiger partial charge in [0.25, 0.3) is 0 Å². The van der Waals surface area contributed by atoms with Gasteiger partial charge >= 0.3 is 12.1 Å². The fourth-order valence-electron chi connectivity index (χ4n) is 4.71. The number of nitrogens with zero attached hydrogens (tertiary/aromatic N) is 5. The zero-order chi connectivity index (χ0) is 24.6. The van der Waals surface area contributed by atoms with Crippen LogP contribution in [0.5, 0.6) is 0 Å². The lowest BCUT2D eigenvalue weighted by molar-refractivity contribution is -0.145. The van der Waals surface area contributed by atoms with Gasteiger partial charge < -0.3 is 9.64 Å². The molecular weight excluding hydrogens is 454 g/mol. The van der Waals surface area contributed by atoms with Crippen LogP contribution in [0.15, 0.2) is 42.5 Å². The molecule has 0 N–H and O–H groups in total. The first-order chi connectivity index (χ1) is 16.1. The van der Waals surface area contributed by atoms with Gasteiger partial charge in [-0.05, 0) is 66.1 Å². The zero-order valence-electron chi connectivity index (χ0n) is 18.8. The summed E-state index contributed by atoms with van der Waals surface area (Å²) in [6.07, 6.45) is -3.57. The van der Waals surface area contributed by atoms with E-state index in [4.69, 9.17) is 4.74 Å². The lowest BCUT2D eigenvalue weighted by Gasteiger charge is -2.34. The molecule has 1 aliphatic carbocycles. The number of aryl methyl sites for hydroxylation is 1. The molecule has 0 spiro atoms. The SMILES string of the molecule is COC(=O)[C@H]1CC[C@H](N(C)c2cc(-n3nnnc3C)cc(C(F)(F)F)c2)[C@@H]1c1ccc(F)cc1. The summed E-state index contributed by atoms with van der Waals surface area (Å²) in [4.78, 5) is 14.2. The Bertz CT molecular complexity index is 1180. The maximum Gasteiger partial charge on any atom is 0.416 e. The minimum absolute atomic E-state index is 0.167. The van der Waals surface area contributed by atoms with E-state index in [9.17, 15) is 22.4 Å². The van der Waals surface area contributed by atoms with Crippen molar-refractivity contribution in [3.05, 3.63) is 65.2 Å². The van der Waals surface area contributed by atoms with Crippen molar-refractivity contribution in [2.75, 3.05) is 19.1 Å². The molecule has 0 amide bonds. The summed E-state index contributed by atoms with van der Waals surface area (Å²) in [6.45, 7) is 1.59. The number of tetrazole rings is 1. The maximum atomic E-state index is 13.7. The number of hydrogen-bond donors (Lipinski definition) is 0. The summed E-state index contributed by atoms with van der Waals surface area (Å²) in [6, 6.07) is 9.12. The second kappa shape index (κ2) is 9.03. The number of esters is 1. The molecule has 1 aromatic heterocycles. The number of benzene rings is 2. The summed E-state index contributed by atoms with van der Waals surface area (Å²) < 4.78 is 61.0. The van der Waals surface area contributed by atoms with Gasteiger partial charge in [-0.15, -0.1) is 5.10 Å². The van der Waals surface area contributed by atoms with E-state index in [1.54, 1.807) is 37.1 Å². The molecule has 3 atom stereocenters.